The zero-order valence-electron chi connectivity index (χ0n) is 30.8. The maximum atomic E-state index is 6.55. The number of benzene rings is 9. The van der Waals surface area contributed by atoms with E-state index in [4.69, 9.17) is 4.42 Å². The minimum absolute atomic E-state index is 0.107. The van der Waals surface area contributed by atoms with Crippen LogP contribution in [0.15, 0.2) is 192 Å². The summed E-state index contributed by atoms with van der Waals surface area (Å²) in [5, 5.41) is 7.10. The summed E-state index contributed by atoms with van der Waals surface area (Å²) in [6, 6.07) is 68.4. The van der Waals surface area contributed by atoms with Crippen molar-refractivity contribution in [3.63, 3.8) is 0 Å². The molecule has 0 saturated heterocycles. The number of fused-ring (bicyclic) bond motifs is 9. The summed E-state index contributed by atoms with van der Waals surface area (Å²) < 4.78 is 6.55. The van der Waals surface area contributed by atoms with E-state index in [1.807, 2.05) is 6.07 Å². The van der Waals surface area contributed by atoms with Gasteiger partial charge in [0.2, 0.25) is 0 Å². The second kappa shape index (κ2) is 12.1. The SMILES string of the molecule is CC1(C)c2ccccc2-c2c(N(c3ccc(-c4cccc5ccccc45)cc3)c3ccc(-c4cc5ccccc5c5oc6ccccc6c45)cc3)cccc21. The van der Waals surface area contributed by atoms with Gasteiger partial charge in [-0.2, -0.15) is 0 Å². The Hall–Kier alpha value is -6.90. The van der Waals surface area contributed by atoms with Crippen LogP contribution in [0, 0.1) is 0 Å². The normalized spacial score (nSPS) is 13.1. The average molecular weight is 704 g/mol. The fraction of sp³-hybridized carbons (Fsp3) is 0.0566. The molecule has 0 unspecified atom stereocenters. The highest BCUT2D eigenvalue weighted by Gasteiger charge is 2.37. The van der Waals surface area contributed by atoms with Crippen LogP contribution in [0.2, 0.25) is 0 Å². The molecule has 9 aromatic carbocycles. The number of nitrogens with zero attached hydrogens (tertiary/aromatic N) is 1. The molecular weight excluding hydrogens is 667 g/mol. The first-order chi connectivity index (χ1) is 27.0. The molecule has 0 bridgehead atoms. The van der Waals surface area contributed by atoms with Crippen LogP contribution in [-0.4, -0.2) is 0 Å². The van der Waals surface area contributed by atoms with Crippen molar-refractivity contribution in [2.75, 3.05) is 4.90 Å². The Bertz CT molecular complexity index is 3110. The van der Waals surface area contributed by atoms with Crippen molar-refractivity contribution in [3.8, 4) is 33.4 Å². The Balaban J connectivity index is 1.10. The van der Waals surface area contributed by atoms with Crippen molar-refractivity contribution in [2.24, 2.45) is 0 Å². The minimum Gasteiger partial charge on any atom is -0.455 e. The molecule has 2 nitrogen and oxygen atoms in total. The predicted molar refractivity (Wildman–Crippen MR) is 232 cm³/mol. The zero-order chi connectivity index (χ0) is 36.7. The maximum absolute atomic E-state index is 6.55. The van der Waals surface area contributed by atoms with Gasteiger partial charge in [-0.05, 0) is 97.6 Å². The lowest BCUT2D eigenvalue weighted by molar-refractivity contribution is 0.660. The van der Waals surface area contributed by atoms with Gasteiger partial charge in [0.15, 0.2) is 0 Å². The summed E-state index contributed by atoms with van der Waals surface area (Å²) in [4.78, 5) is 2.44. The Labute approximate surface area is 320 Å². The van der Waals surface area contributed by atoms with E-state index in [1.54, 1.807) is 0 Å². The van der Waals surface area contributed by atoms with Gasteiger partial charge in [0.25, 0.3) is 0 Å². The number of furan rings is 1. The highest BCUT2D eigenvalue weighted by atomic mass is 16.3. The van der Waals surface area contributed by atoms with Crippen molar-refractivity contribution in [2.45, 2.75) is 19.3 Å². The van der Waals surface area contributed by atoms with Crippen molar-refractivity contribution >= 4 is 60.5 Å². The summed E-state index contributed by atoms with van der Waals surface area (Å²) in [5.41, 5.74) is 15.2. The van der Waals surface area contributed by atoms with Gasteiger partial charge < -0.3 is 9.32 Å². The van der Waals surface area contributed by atoms with Gasteiger partial charge in [-0.3, -0.25) is 0 Å². The molecule has 10 aromatic rings. The molecule has 2 heteroatoms. The first kappa shape index (κ1) is 31.6. The molecule has 0 spiro atoms. The molecule has 0 fully saturated rings. The average Bonchev–Trinajstić information content (AvgIpc) is 3.74. The molecule has 0 atom stereocenters. The highest BCUT2D eigenvalue weighted by molar-refractivity contribution is 6.21. The number of hydrogen-bond donors (Lipinski definition) is 0. The second-order valence-corrected chi connectivity index (χ2v) is 15.3. The third-order valence-corrected chi connectivity index (χ3v) is 11.9. The van der Waals surface area contributed by atoms with E-state index in [0.717, 1.165) is 44.3 Å². The lowest BCUT2D eigenvalue weighted by Crippen LogP contribution is -2.16. The third kappa shape index (κ3) is 4.81. The van der Waals surface area contributed by atoms with Gasteiger partial charge in [-0.25, -0.2) is 0 Å². The molecule has 0 amide bonds. The molecule has 0 saturated carbocycles. The van der Waals surface area contributed by atoms with Crippen LogP contribution in [0.1, 0.15) is 25.0 Å². The van der Waals surface area contributed by atoms with Crippen molar-refractivity contribution in [3.05, 3.63) is 199 Å². The molecule has 1 aromatic heterocycles. The summed E-state index contributed by atoms with van der Waals surface area (Å²) in [5.74, 6) is 0. The molecule has 55 heavy (non-hydrogen) atoms. The van der Waals surface area contributed by atoms with Gasteiger partial charge in [-0.1, -0.05) is 159 Å². The Kier molecular flexibility index (Phi) is 6.93. The zero-order valence-corrected chi connectivity index (χ0v) is 30.8. The first-order valence-corrected chi connectivity index (χ1v) is 19.1. The Morgan fingerprint density at radius 3 is 1.78 bits per heavy atom. The van der Waals surface area contributed by atoms with E-state index in [2.05, 4.69) is 201 Å². The molecule has 260 valence electrons. The molecule has 0 aliphatic heterocycles. The van der Waals surface area contributed by atoms with E-state index in [9.17, 15) is 0 Å². The largest absolute Gasteiger partial charge is 0.455 e. The predicted octanol–water partition coefficient (Wildman–Crippen LogP) is 15.0. The van der Waals surface area contributed by atoms with E-state index < -0.39 is 0 Å². The van der Waals surface area contributed by atoms with E-state index in [1.165, 1.54) is 60.8 Å². The van der Waals surface area contributed by atoms with Gasteiger partial charge in [-0.15, -0.1) is 0 Å². The fourth-order valence-corrected chi connectivity index (χ4v) is 9.19. The van der Waals surface area contributed by atoms with Crippen LogP contribution in [0.5, 0.6) is 0 Å². The quantitative estimate of drug-likeness (QED) is 0.177. The number of hydrogen-bond acceptors (Lipinski definition) is 2. The third-order valence-electron chi connectivity index (χ3n) is 11.9. The van der Waals surface area contributed by atoms with Crippen molar-refractivity contribution in [1.82, 2.24) is 0 Å². The molecular formula is C53H37NO. The molecule has 0 N–H and O–H groups in total. The highest BCUT2D eigenvalue weighted by Crippen LogP contribution is 2.54. The Morgan fingerprint density at radius 1 is 0.436 bits per heavy atom. The van der Waals surface area contributed by atoms with Crippen LogP contribution in [0.3, 0.4) is 0 Å². The van der Waals surface area contributed by atoms with Crippen LogP contribution >= 0.6 is 0 Å². The fourth-order valence-electron chi connectivity index (χ4n) is 9.19. The molecule has 0 radical (unpaired) electrons. The summed E-state index contributed by atoms with van der Waals surface area (Å²) in [6.07, 6.45) is 0. The monoisotopic (exact) mass is 703 g/mol. The van der Waals surface area contributed by atoms with Gasteiger partial charge >= 0.3 is 0 Å². The number of para-hydroxylation sites is 1. The smallest absolute Gasteiger partial charge is 0.143 e. The lowest BCUT2D eigenvalue weighted by atomic mass is 9.82. The van der Waals surface area contributed by atoms with Gasteiger partial charge in [0, 0.05) is 38.5 Å². The van der Waals surface area contributed by atoms with Crippen LogP contribution < -0.4 is 4.90 Å². The summed E-state index contributed by atoms with van der Waals surface area (Å²) >= 11 is 0. The second-order valence-electron chi connectivity index (χ2n) is 15.3. The maximum Gasteiger partial charge on any atom is 0.143 e. The van der Waals surface area contributed by atoms with Crippen LogP contribution in [0.4, 0.5) is 17.1 Å². The molecule has 1 aliphatic rings. The van der Waals surface area contributed by atoms with Gasteiger partial charge in [0.05, 0.1) is 5.69 Å². The van der Waals surface area contributed by atoms with Crippen molar-refractivity contribution < 1.29 is 4.42 Å². The standard InChI is InChI=1S/C53H37NO/c1-53(2)46-21-9-7-18-43(46)51-47(53)22-12-23-48(51)54(38-29-25-35(26-30-38)41-20-11-15-34-13-3-5-16-40(34)41)39-31-27-36(28-32-39)45-33-37-14-4-6-17-42(37)52-50(45)44-19-8-10-24-49(44)55-52/h3-33H,1-2H3. The summed E-state index contributed by atoms with van der Waals surface area (Å²) in [7, 11) is 0. The summed E-state index contributed by atoms with van der Waals surface area (Å²) in [6.45, 7) is 4.70. The van der Waals surface area contributed by atoms with Crippen LogP contribution in [0.25, 0.3) is 76.9 Å². The lowest BCUT2D eigenvalue weighted by Gasteiger charge is -2.29. The minimum atomic E-state index is -0.107. The van der Waals surface area contributed by atoms with Crippen molar-refractivity contribution in [1.29, 1.82) is 0 Å². The molecule has 11 rings (SSSR count). The topological polar surface area (TPSA) is 16.4 Å². The molecule has 1 heterocycles. The van der Waals surface area contributed by atoms with E-state index in [0.29, 0.717) is 0 Å². The van der Waals surface area contributed by atoms with E-state index in [-0.39, 0.29) is 5.41 Å². The number of anilines is 3. The van der Waals surface area contributed by atoms with Gasteiger partial charge in [0.1, 0.15) is 11.2 Å². The number of rotatable bonds is 5. The van der Waals surface area contributed by atoms with Crippen LogP contribution in [-0.2, 0) is 5.41 Å². The Morgan fingerprint density at radius 2 is 1.00 bits per heavy atom. The molecule has 1 aliphatic carbocycles. The van der Waals surface area contributed by atoms with E-state index >= 15 is 0 Å². The first-order valence-electron chi connectivity index (χ1n) is 19.1.